The molecule has 0 aliphatic carbocycles. The molecule has 1 aliphatic heterocycles. The quantitative estimate of drug-likeness (QED) is 0.846. The number of nitrogens with one attached hydrogen (secondary N) is 1. The Morgan fingerprint density at radius 3 is 3.29 bits per heavy atom. The van der Waals surface area contributed by atoms with Crippen molar-refractivity contribution in [2.75, 3.05) is 16.8 Å². The van der Waals surface area contributed by atoms with Crippen LogP contribution in [0.1, 0.15) is 12.8 Å². The Hall–Kier alpha value is -1.01. The van der Waals surface area contributed by atoms with Crippen LogP contribution >= 0.6 is 23.4 Å². The zero-order valence-electron chi connectivity index (χ0n) is 9.14. The molecule has 0 aromatic carbocycles. The van der Waals surface area contributed by atoms with Crippen molar-refractivity contribution < 1.29 is 0 Å². The van der Waals surface area contributed by atoms with Crippen LogP contribution in [0.15, 0.2) is 12.4 Å². The first-order valence-electron chi connectivity index (χ1n) is 5.53. The Labute approximate surface area is 108 Å². The molecule has 1 unspecified atom stereocenters. The average molecular weight is 270 g/mol. The summed E-state index contributed by atoms with van der Waals surface area (Å²) in [6, 6.07) is 2.27. The Morgan fingerprint density at radius 1 is 1.53 bits per heavy atom. The van der Waals surface area contributed by atoms with E-state index in [9.17, 15) is 0 Å². The molecule has 17 heavy (non-hydrogen) atoms. The average Bonchev–Trinajstić information content (AvgIpc) is 2.78. The number of halogens is 1. The second kappa shape index (κ2) is 4.70. The summed E-state index contributed by atoms with van der Waals surface area (Å²) in [6.07, 6.45) is 3.92. The molecule has 2 aromatic heterocycles. The topological polar surface area (TPSA) is 55.1 Å². The number of rotatable bonds is 2. The van der Waals surface area contributed by atoms with Gasteiger partial charge in [-0.3, -0.25) is 0 Å². The highest BCUT2D eigenvalue weighted by atomic mass is 35.5. The molecule has 0 radical (unpaired) electrons. The number of aromatic nitrogens is 4. The van der Waals surface area contributed by atoms with Crippen molar-refractivity contribution >= 4 is 35.0 Å². The van der Waals surface area contributed by atoms with Gasteiger partial charge in [-0.15, -0.1) is 0 Å². The van der Waals surface area contributed by atoms with Gasteiger partial charge in [-0.25, -0.2) is 0 Å². The van der Waals surface area contributed by atoms with Gasteiger partial charge < -0.3 is 5.32 Å². The number of fused-ring (bicyclic) bond motifs is 1. The van der Waals surface area contributed by atoms with E-state index >= 15 is 0 Å². The number of hydrogen-bond acceptors (Lipinski definition) is 5. The Bertz CT molecular complexity index is 522. The largest absolute Gasteiger partial charge is 0.366 e. The van der Waals surface area contributed by atoms with Gasteiger partial charge in [0.15, 0.2) is 0 Å². The fourth-order valence-electron chi connectivity index (χ4n) is 1.95. The Morgan fingerprint density at radius 2 is 2.47 bits per heavy atom. The summed E-state index contributed by atoms with van der Waals surface area (Å²) in [5.41, 5.74) is 0. The first-order valence-corrected chi connectivity index (χ1v) is 7.07. The lowest BCUT2D eigenvalue weighted by Crippen LogP contribution is -2.27. The lowest BCUT2D eigenvalue weighted by atomic mass is 10.2. The maximum absolute atomic E-state index is 5.96. The van der Waals surface area contributed by atoms with Gasteiger partial charge >= 0.3 is 0 Å². The van der Waals surface area contributed by atoms with Gasteiger partial charge in [-0.2, -0.15) is 31.3 Å². The van der Waals surface area contributed by atoms with Gasteiger partial charge in [0.2, 0.25) is 0 Å². The lowest BCUT2D eigenvalue weighted by Gasteiger charge is -2.23. The molecule has 1 aliphatic rings. The third kappa shape index (κ3) is 2.32. The summed E-state index contributed by atoms with van der Waals surface area (Å²) in [5, 5.41) is 8.05. The van der Waals surface area contributed by atoms with Crippen LogP contribution in [0.25, 0.3) is 5.78 Å². The minimum Gasteiger partial charge on any atom is -0.366 e. The molecule has 1 fully saturated rings. The molecule has 3 heterocycles. The summed E-state index contributed by atoms with van der Waals surface area (Å²) in [5.74, 6) is 3.78. The zero-order valence-corrected chi connectivity index (χ0v) is 10.7. The van der Waals surface area contributed by atoms with E-state index in [0.29, 0.717) is 17.0 Å². The molecule has 0 amide bonds. The number of nitrogens with zero attached hydrogens (tertiary/aromatic N) is 4. The molecule has 5 nitrogen and oxygen atoms in total. The normalized spacial score (nSPS) is 20.6. The third-order valence-electron chi connectivity index (χ3n) is 2.73. The molecule has 0 bridgehead atoms. The van der Waals surface area contributed by atoms with E-state index in [-0.39, 0.29) is 0 Å². The lowest BCUT2D eigenvalue weighted by molar-refractivity contribution is 0.678. The summed E-state index contributed by atoms with van der Waals surface area (Å²) in [7, 11) is 0. The summed E-state index contributed by atoms with van der Waals surface area (Å²) >= 11 is 7.94. The Kier molecular flexibility index (Phi) is 3.07. The van der Waals surface area contributed by atoms with Crippen LogP contribution in [-0.4, -0.2) is 37.1 Å². The first-order chi connectivity index (χ1) is 8.33. The molecule has 2 aromatic rings. The van der Waals surface area contributed by atoms with Gasteiger partial charge in [0.25, 0.3) is 5.78 Å². The van der Waals surface area contributed by atoms with Gasteiger partial charge in [-0.1, -0.05) is 11.6 Å². The fourth-order valence-corrected chi connectivity index (χ4v) is 3.20. The fraction of sp³-hybridized carbons (Fsp3) is 0.500. The van der Waals surface area contributed by atoms with Crippen molar-refractivity contribution in [2.24, 2.45) is 0 Å². The molecule has 0 saturated carbocycles. The van der Waals surface area contributed by atoms with Crippen molar-refractivity contribution in [1.82, 2.24) is 19.6 Å². The van der Waals surface area contributed by atoms with E-state index in [0.717, 1.165) is 11.6 Å². The maximum Gasteiger partial charge on any atom is 0.255 e. The van der Waals surface area contributed by atoms with Crippen LogP contribution in [0.2, 0.25) is 5.15 Å². The van der Waals surface area contributed by atoms with Gasteiger partial charge in [0, 0.05) is 17.9 Å². The van der Waals surface area contributed by atoms with Crippen LogP contribution in [0, 0.1) is 0 Å². The van der Waals surface area contributed by atoms with Crippen molar-refractivity contribution in [3.63, 3.8) is 0 Å². The standard InChI is InChI=1S/C10H12ClN5S/c11-8-4-9(14-7-2-1-3-17-5-7)16-10(15-8)12-6-13-16/h4,6-7,14H,1-3,5H2. The summed E-state index contributed by atoms with van der Waals surface area (Å²) < 4.78 is 1.69. The molecule has 0 spiro atoms. The van der Waals surface area contributed by atoms with Crippen molar-refractivity contribution in [1.29, 1.82) is 0 Å². The van der Waals surface area contributed by atoms with Crippen LogP contribution in [0.4, 0.5) is 5.82 Å². The maximum atomic E-state index is 5.96. The monoisotopic (exact) mass is 269 g/mol. The zero-order chi connectivity index (χ0) is 11.7. The second-order valence-corrected chi connectivity index (χ2v) is 5.53. The molecular formula is C10H12ClN5S. The molecule has 1 N–H and O–H groups in total. The molecular weight excluding hydrogens is 258 g/mol. The van der Waals surface area contributed by atoms with E-state index in [1.807, 2.05) is 11.8 Å². The van der Waals surface area contributed by atoms with Crippen LogP contribution < -0.4 is 5.32 Å². The highest BCUT2D eigenvalue weighted by Gasteiger charge is 2.15. The van der Waals surface area contributed by atoms with Gasteiger partial charge in [0.05, 0.1) is 0 Å². The predicted molar refractivity (Wildman–Crippen MR) is 69.8 cm³/mol. The molecule has 1 saturated heterocycles. The minimum absolute atomic E-state index is 0.441. The van der Waals surface area contributed by atoms with Crippen LogP contribution in [0.3, 0.4) is 0 Å². The SMILES string of the molecule is Clc1cc(NC2CCCSC2)n2ncnc2n1. The van der Waals surface area contributed by atoms with E-state index in [4.69, 9.17) is 11.6 Å². The van der Waals surface area contributed by atoms with Crippen molar-refractivity contribution in [3.05, 3.63) is 17.5 Å². The van der Waals surface area contributed by atoms with E-state index in [1.54, 1.807) is 10.6 Å². The summed E-state index contributed by atoms with van der Waals surface area (Å²) in [4.78, 5) is 8.14. The van der Waals surface area contributed by atoms with Gasteiger partial charge in [0.1, 0.15) is 17.3 Å². The first kappa shape index (κ1) is 11.1. The predicted octanol–water partition coefficient (Wildman–Crippen LogP) is 2.09. The Balaban J connectivity index is 1.90. The van der Waals surface area contributed by atoms with Crippen molar-refractivity contribution in [3.8, 4) is 0 Å². The highest BCUT2D eigenvalue weighted by Crippen LogP contribution is 2.22. The minimum atomic E-state index is 0.441. The second-order valence-electron chi connectivity index (χ2n) is 3.99. The van der Waals surface area contributed by atoms with E-state index in [1.165, 1.54) is 24.9 Å². The number of hydrogen-bond donors (Lipinski definition) is 1. The van der Waals surface area contributed by atoms with Crippen LogP contribution in [-0.2, 0) is 0 Å². The highest BCUT2D eigenvalue weighted by molar-refractivity contribution is 7.99. The van der Waals surface area contributed by atoms with E-state index in [2.05, 4.69) is 20.4 Å². The third-order valence-corrected chi connectivity index (χ3v) is 4.14. The molecule has 1 atom stereocenters. The number of anilines is 1. The smallest absolute Gasteiger partial charge is 0.255 e. The summed E-state index contributed by atoms with van der Waals surface area (Å²) in [6.45, 7) is 0. The van der Waals surface area contributed by atoms with Crippen molar-refractivity contribution in [2.45, 2.75) is 18.9 Å². The van der Waals surface area contributed by atoms with Crippen LogP contribution in [0.5, 0.6) is 0 Å². The molecule has 7 heteroatoms. The molecule has 90 valence electrons. The number of thioether (sulfide) groups is 1. The van der Waals surface area contributed by atoms with E-state index < -0.39 is 0 Å². The van der Waals surface area contributed by atoms with Gasteiger partial charge in [-0.05, 0) is 18.6 Å². The molecule has 3 rings (SSSR count).